The van der Waals surface area contributed by atoms with Gasteiger partial charge in [0.1, 0.15) is 0 Å². The van der Waals surface area contributed by atoms with E-state index in [1.165, 1.54) is 15.9 Å². The summed E-state index contributed by atoms with van der Waals surface area (Å²) in [5.41, 5.74) is 0.297. The van der Waals surface area contributed by atoms with E-state index < -0.39 is 11.7 Å². The summed E-state index contributed by atoms with van der Waals surface area (Å²) < 4.78 is 39.1. The van der Waals surface area contributed by atoms with Crippen LogP contribution in [-0.2, 0) is 6.18 Å². The summed E-state index contributed by atoms with van der Waals surface area (Å²) in [4.78, 5) is 15.4. The summed E-state index contributed by atoms with van der Waals surface area (Å²) in [5.74, 6) is 0. The third-order valence-electron chi connectivity index (χ3n) is 4.06. The molecular weight excluding hydrogens is 317 g/mol. The van der Waals surface area contributed by atoms with Crippen molar-refractivity contribution in [1.82, 2.24) is 4.90 Å². The lowest BCUT2D eigenvalue weighted by molar-refractivity contribution is -0.137. The first-order chi connectivity index (χ1) is 11.3. The lowest BCUT2D eigenvalue weighted by atomic mass is 10.0. The predicted molar refractivity (Wildman–Crippen MR) is 88.8 cm³/mol. The first kappa shape index (κ1) is 18.4. The highest BCUT2D eigenvalue weighted by Gasteiger charge is 2.32. The van der Waals surface area contributed by atoms with Crippen molar-refractivity contribution in [3.05, 3.63) is 41.6 Å². The molecule has 6 heteroatoms. The van der Waals surface area contributed by atoms with E-state index in [1.54, 1.807) is 20.2 Å². The molecule has 1 aliphatic rings. The van der Waals surface area contributed by atoms with Crippen LogP contribution in [-0.4, -0.2) is 25.0 Å². The van der Waals surface area contributed by atoms with Gasteiger partial charge in [-0.15, -0.1) is 0 Å². The van der Waals surface area contributed by atoms with Gasteiger partial charge in [-0.25, -0.2) is 4.79 Å². The van der Waals surface area contributed by atoms with Gasteiger partial charge in [0.25, 0.3) is 0 Å². The molecule has 1 aliphatic carbocycles. The summed E-state index contributed by atoms with van der Waals surface area (Å²) in [6, 6.07) is 4.63. The number of anilines is 1. The first-order valence-electron chi connectivity index (χ1n) is 8.18. The standard InChI is InChI=1S/C18H23F3N2O/c1-22(2)17(24)23(15-10-6-4-3-5-7-11-15)16-12-8-9-14(13-16)18(19,20)21/h8-10,12-13H,3-7,11H2,1-2H3/b15-10+. The van der Waals surface area contributed by atoms with Crippen LogP contribution in [0.3, 0.4) is 0 Å². The van der Waals surface area contributed by atoms with Crippen LogP contribution >= 0.6 is 0 Å². The minimum absolute atomic E-state index is 0.260. The molecule has 0 radical (unpaired) electrons. The number of nitrogens with zero attached hydrogens (tertiary/aromatic N) is 2. The van der Waals surface area contributed by atoms with E-state index in [1.807, 2.05) is 6.08 Å². The zero-order chi connectivity index (χ0) is 17.7. The normalized spacial score (nSPS) is 18.1. The fourth-order valence-corrected chi connectivity index (χ4v) is 2.80. The molecule has 0 fully saturated rings. The molecule has 132 valence electrons. The fraction of sp³-hybridized carbons (Fsp3) is 0.500. The summed E-state index contributed by atoms with van der Waals surface area (Å²) in [5, 5.41) is 0. The molecule has 0 saturated carbocycles. The molecule has 0 spiro atoms. The van der Waals surface area contributed by atoms with Crippen LogP contribution in [0.25, 0.3) is 0 Å². The molecule has 2 rings (SSSR count). The van der Waals surface area contributed by atoms with Gasteiger partial charge in [0.05, 0.1) is 11.3 Å². The molecule has 0 aliphatic heterocycles. The van der Waals surface area contributed by atoms with Crippen LogP contribution in [0.4, 0.5) is 23.7 Å². The fourth-order valence-electron chi connectivity index (χ4n) is 2.80. The van der Waals surface area contributed by atoms with Gasteiger partial charge < -0.3 is 4.90 Å². The number of rotatable bonds is 2. The zero-order valence-electron chi connectivity index (χ0n) is 14.1. The molecular formula is C18H23F3N2O. The van der Waals surface area contributed by atoms with Crippen molar-refractivity contribution in [1.29, 1.82) is 0 Å². The van der Waals surface area contributed by atoms with Crippen molar-refractivity contribution in [2.24, 2.45) is 0 Å². The van der Waals surface area contributed by atoms with Crippen molar-refractivity contribution in [3.63, 3.8) is 0 Å². The SMILES string of the molecule is CN(C)C(=O)N(/C1=C/CCCCCC1)c1cccc(C(F)(F)F)c1. The Morgan fingerprint density at radius 1 is 1.08 bits per heavy atom. The Labute approximate surface area is 140 Å². The van der Waals surface area contributed by atoms with E-state index in [-0.39, 0.29) is 11.7 Å². The molecule has 0 atom stereocenters. The lowest BCUT2D eigenvalue weighted by Crippen LogP contribution is -2.39. The van der Waals surface area contributed by atoms with Crippen LogP contribution < -0.4 is 4.90 Å². The van der Waals surface area contributed by atoms with Crippen molar-refractivity contribution >= 4 is 11.7 Å². The van der Waals surface area contributed by atoms with Gasteiger partial charge in [0.2, 0.25) is 0 Å². The van der Waals surface area contributed by atoms with E-state index in [0.29, 0.717) is 6.42 Å². The van der Waals surface area contributed by atoms with Crippen LogP contribution in [0.15, 0.2) is 36.0 Å². The van der Waals surface area contributed by atoms with Gasteiger partial charge in [-0.3, -0.25) is 4.90 Å². The van der Waals surface area contributed by atoms with Crippen molar-refractivity contribution in [2.75, 3.05) is 19.0 Å². The van der Waals surface area contributed by atoms with Gasteiger partial charge in [0.15, 0.2) is 0 Å². The number of allylic oxidation sites excluding steroid dienone is 2. The molecule has 3 nitrogen and oxygen atoms in total. The Morgan fingerprint density at radius 3 is 2.46 bits per heavy atom. The highest BCUT2D eigenvalue weighted by atomic mass is 19.4. The summed E-state index contributed by atoms with van der Waals surface area (Å²) in [7, 11) is 3.21. The molecule has 1 aromatic carbocycles. The molecule has 0 saturated heterocycles. The lowest BCUT2D eigenvalue weighted by Gasteiger charge is -2.30. The average molecular weight is 340 g/mol. The van der Waals surface area contributed by atoms with Crippen molar-refractivity contribution < 1.29 is 18.0 Å². The Kier molecular flexibility index (Phi) is 5.91. The second-order valence-electron chi connectivity index (χ2n) is 6.21. The number of alkyl halides is 3. The maximum Gasteiger partial charge on any atom is 0.416 e. The smallest absolute Gasteiger partial charge is 0.330 e. The number of hydrogen-bond donors (Lipinski definition) is 0. The van der Waals surface area contributed by atoms with Crippen LogP contribution in [0.1, 0.15) is 44.1 Å². The number of amides is 2. The van der Waals surface area contributed by atoms with E-state index in [4.69, 9.17) is 0 Å². The number of carbonyl (C=O) groups is 1. The number of carbonyl (C=O) groups excluding carboxylic acids is 1. The molecule has 0 heterocycles. The monoisotopic (exact) mass is 340 g/mol. The topological polar surface area (TPSA) is 23.6 Å². The Balaban J connectivity index is 2.45. The largest absolute Gasteiger partial charge is 0.416 e. The highest BCUT2D eigenvalue weighted by Crippen LogP contribution is 2.34. The summed E-state index contributed by atoms with van der Waals surface area (Å²) >= 11 is 0. The predicted octanol–water partition coefficient (Wildman–Crippen LogP) is 5.43. The number of urea groups is 1. The molecule has 1 aromatic rings. The van der Waals surface area contributed by atoms with E-state index in [2.05, 4.69) is 0 Å². The summed E-state index contributed by atoms with van der Waals surface area (Å²) in [6.45, 7) is 0. The molecule has 0 N–H and O–H groups in total. The Bertz CT molecular complexity index is 609. The molecule has 0 unspecified atom stereocenters. The molecule has 0 bridgehead atoms. The minimum Gasteiger partial charge on any atom is -0.330 e. The number of benzene rings is 1. The van der Waals surface area contributed by atoms with Crippen LogP contribution in [0.5, 0.6) is 0 Å². The van der Waals surface area contributed by atoms with Gasteiger partial charge in [-0.05, 0) is 43.9 Å². The maximum atomic E-state index is 13.0. The number of halogens is 3. The second kappa shape index (κ2) is 7.73. The van der Waals surface area contributed by atoms with Gasteiger partial charge in [0, 0.05) is 19.8 Å². The quantitative estimate of drug-likeness (QED) is 0.704. The third-order valence-corrected chi connectivity index (χ3v) is 4.06. The van der Waals surface area contributed by atoms with Crippen molar-refractivity contribution in [2.45, 2.75) is 44.7 Å². The molecule has 24 heavy (non-hydrogen) atoms. The minimum atomic E-state index is -4.43. The van der Waals surface area contributed by atoms with E-state index in [0.717, 1.165) is 49.9 Å². The van der Waals surface area contributed by atoms with Crippen LogP contribution in [0.2, 0.25) is 0 Å². The molecule has 2 amide bonds. The van der Waals surface area contributed by atoms with Gasteiger partial charge in [-0.1, -0.05) is 25.0 Å². The average Bonchev–Trinajstić information content (AvgIpc) is 2.48. The van der Waals surface area contributed by atoms with E-state index in [9.17, 15) is 18.0 Å². The second-order valence-corrected chi connectivity index (χ2v) is 6.21. The summed E-state index contributed by atoms with van der Waals surface area (Å²) in [6.07, 6.45) is 3.28. The Hall–Kier alpha value is -1.98. The van der Waals surface area contributed by atoms with Crippen LogP contribution in [0, 0.1) is 0 Å². The maximum absolute atomic E-state index is 13.0. The van der Waals surface area contributed by atoms with E-state index >= 15 is 0 Å². The van der Waals surface area contributed by atoms with Gasteiger partial charge >= 0.3 is 12.2 Å². The third kappa shape index (κ3) is 4.52. The highest BCUT2D eigenvalue weighted by molar-refractivity contribution is 5.95. The molecule has 0 aromatic heterocycles. The Morgan fingerprint density at radius 2 is 1.79 bits per heavy atom. The van der Waals surface area contributed by atoms with Gasteiger partial charge in [-0.2, -0.15) is 13.2 Å². The van der Waals surface area contributed by atoms with Crippen molar-refractivity contribution in [3.8, 4) is 0 Å². The number of hydrogen-bond acceptors (Lipinski definition) is 1. The zero-order valence-corrected chi connectivity index (χ0v) is 14.1. The first-order valence-corrected chi connectivity index (χ1v) is 8.18.